The number of thiophene rings is 1. The van der Waals surface area contributed by atoms with Gasteiger partial charge in [-0.15, -0.1) is 11.3 Å². The number of rotatable bonds is 4. The van der Waals surface area contributed by atoms with Gasteiger partial charge in [0.2, 0.25) is 5.91 Å². The molecule has 1 saturated heterocycles. The SMILES string of the molecule is C=C(C#CCN(C)C)N1CC(C(=O)Nc2ccc(C)s2)C1. The fourth-order valence-electron chi connectivity index (χ4n) is 1.97. The van der Waals surface area contributed by atoms with Crippen LogP contribution >= 0.6 is 11.3 Å². The van der Waals surface area contributed by atoms with Gasteiger partial charge in [-0.2, -0.15) is 0 Å². The molecule has 0 aromatic carbocycles. The van der Waals surface area contributed by atoms with E-state index < -0.39 is 0 Å². The van der Waals surface area contributed by atoms with Crippen LogP contribution in [-0.2, 0) is 4.79 Å². The smallest absolute Gasteiger partial charge is 0.231 e. The summed E-state index contributed by atoms with van der Waals surface area (Å²) in [6.45, 7) is 8.11. The van der Waals surface area contributed by atoms with Crippen LogP contribution in [0.1, 0.15) is 4.88 Å². The van der Waals surface area contributed by atoms with E-state index >= 15 is 0 Å². The normalized spacial score (nSPS) is 14.4. The van der Waals surface area contributed by atoms with Gasteiger partial charge in [-0.3, -0.25) is 9.69 Å². The summed E-state index contributed by atoms with van der Waals surface area (Å²) in [5.74, 6) is 6.21. The molecule has 2 heterocycles. The molecule has 0 atom stereocenters. The van der Waals surface area contributed by atoms with Crippen LogP contribution in [0.3, 0.4) is 0 Å². The molecule has 112 valence electrons. The monoisotopic (exact) mass is 303 g/mol. The van der Waals surface area contributed by atoms with Gasteiger partial charge in [0.1, 0.15) is 0 Å². The summed E-state index contributed by atoms with van der Waals surface area (Å²) < 4.78 is 0. The molecule has 0 spiro atoms. The van der Waals surface area contributed by atoms with E-state index in [0.717, 1.165) is 10.7 Å². The number of carbonyl (C=O) groups excluding carboxylic acids is 1. The zero-order chi connectivity index (χ0) is 15.4. The lowest BCUT2D eigenvalue weighted by Gasteiger charge is -2.39. The highest BCUT2D eigenvalue weighted by molar-refractivity contribution is 7.16. The van der Waals surface area contributed by atoms with Crippen LogP contribution in [-0.4, -0.2) is 49.4 Å². The summed E-state index contributed by atoms with van der Waals surface area (Å²) in [5, 5.41) is 3.88. The van der Waals surface area contributed by atoms with Crippen molar-refractivity contribution in [1.29, 1.82) is 0 Å². The maximum atomic E-state index is 12.1. The van der Waals surface area contributed by atoms with E-state index in [9.17, 15) is 4.79 Å². The van der Waals surface area contributed by atoms with Crippen molar-refractivity contribution >= 4 is 22.2 Å². The topological polar surface area (TPSA) is 35.6 Å². The van der Waals surface area contributed by atoms with Gasteiger partial charge in [0, 0.05) is 18.0 Å². The van der Waals surface area contributed by atoms with Crippen LogP contribution in [0.4, 0.5) is 5.00 Å². The van der Waals surface area contributed by atoms with Crippen molar-refractivity contribution in [3.05, 3.63) is 29.3 Å². The number of carbonyl (C=O) groups is 1. The van der Waals surface area contributed by atoms with Gasteiger partial charge in [-0.1, -0.05) is 12.5 Å². The van der Waals surface area contributed by atoms with E-state index in [1.807, 2.05) is 43.0 Å². The van der Waals surface area contributed by atoms with Gasteiger partial charge in [0.25, 0.3) is 0 Å². The summed E-state index contributed by atoms with van der Waals surface area (Å²) in [4.78, 5) is 17.3. The molecule has 21 heavy (non-hydrogen) atoms. The largest absolute Gasteiger partial charge is 0.363 e. The zero-order valence-corrected chi connectivity index (χ0v) is 13.6. The molecule has 1 aliphatic rings. The lowest BCUT2D eigenvalue weighted by Crippen LogP contribution is -2.50. The van der Waals surface area contributed by atoms with Crippen molar-refractivity contribution in [3.8, 4) is 11.8 Å². The molecular formula is C16H21N3OS. The maximum Gasteiger partial charge on any atom is 0.231 e. The molecule has 4 nitrogen and oxygen atoms in total. The van der Waals surface area contributed by atoms with E-state index in [1.54, 1.807) is 11.3 Å². The molecule has 1 amide bonds. The second-order valence-corrected chi connectivity index (χ2v) is 6.78. The first-order valence-corrected chi connectivity index (χ1v) is 7.72. The highest BCUT2D eigenvalue weighted by Gasteiger charge is 2.33. The predicted molar refractivity (Wildman–Crippen MR) is 88.2 cm³/mol. The molecule has 1 N–H and O–H groups in total. The summed E-state index contributed by atoms with van der Waals surface area (Å²) in [7, 11) is 3.96. The van der Waals surface area contributed by atoms with Crippen molar-refractivity contribution in [1.82, 2.24) is 9.80 Å². The third-order valence-electron chi connectivity index (χ3n) is 3.25. The van der Waals surface area contributed by atoms with Crippen LogP contribution in [0.25, 0.3) is 0 Å². The second-order valence-electron chi connectivity index (χ2n) is 5.49. The Labute approximate surface area is 130 Å². The van der Waals surface area contributed by atoms with E-state index in [2.05, 4.69) is 23.7 Å². The molecule has 0 unspecified atom stereocenters. The van der Waals surface area contributed by atoms with Crippen LogP contribution < -0.4 is 5.32 Å². The van der Waals surface area contributed by atoms with Gasteiger partial charge in [-0.25, -0.2) is 0 Å². The quantitative estimate of drug-likeness (QED) is 0.864. The van der Waals surface area contributed by atoms with Gasteiger partial charge in [-0.05, 0) is 39.1 Å². The van der Waals surface area contributed by atoms with Gasteiger partial charge >= 0.3 is 0 Å². The third-order valence-corrected chi connectivity index (χ3v) is 4.16. The Bertz CT molecular complexity index is 588. The average molecular weight is 303 g/mol. The minimum atomic E-state index is 0.0276. The van der Waals surface area contributed by atoms with Crippen molar-refractivity contribution < 1.29 is 4.79 Å². The average Bonchev–Trinajstić information content (AvgIpc) is 2.72. The van der Waals surface area contributed by atoms with E-state index in [1.165, 1.54) is 4.88 Å². The summed E-state index contributed by atoms with van der Waals surface area (Å²) in [5.41, 5.74) is 0.799. The minimum absolute atomic E-state index is 0.0276. The number of likely N-dealkylation sites (tertiary alicyclic amines) is 1. The summed E-state index contributed by atoms with van der Waals surface area (Å²) >= 11 is 1.60. The Morgan fingerprint density at radius 2 is 2.24 bits per heavy atom. The molecule has 0 aliphatic carbocycles. The van der Waals surface area contributed by atoms with Crippen LogP contribution in [0, 0.1) is 24.7 Å². The molecule has 1 fully saturated rings. The molecule has 5 heteroatoms. The summed E-state index contributed by atoms with van der Waals surface area (Å²) in [6, 6.07) is 3.95. The molecule has 1 aliphatic heterocycles. The maximum absolute atomic E-state index is 12.1. The Morgan fingerprint density at radius 1 is 1.52 bits per heavy atom. The van der Waals surface area contributed by atoms with Crippen LogP contribution in [0.5, 0.6) is 0 Å². The second kappa shape index (κ2) is 6.79. The van der Waals surface area contributed by atoms with Gasteiger partial charge < -0.3 is 10.2 Å². The number of aryl methyl sites for hydroxylation is 1. The highest BCUT2D eigenvalue weighted by Crippen LogP contribution is 2.24. The first-order valence-electron chi connectivity index (χ1n) is 6.90. The molecular weight excluding hydrogens is 282 g/mol. The predicted octanol–water partition coefficient (Wildman–Crippen LogP) is 2.01. The third kappa shape index (κ3) is 4.35. The van der Waals surface area contributed by atoms with E-state index in [-0.39, 0.29) is 11.8 Å². The molecule has 1 aromatic heterocycles. The van der Waals surface area contributed by atoms with Crippen molar-refractivity contribution in [2.45, 2.75) is 6.92 Å². The Hall–Kier alpha value is -1.77. The van der Waals surface area contributed by atoms with E-state index in [4.69, 9.17) is 0 Å². The minimum Gasteiger partial charge on any atom is -0.363 e. The number of nitrogens with one attached hydrogen (secondary N) is 1. The van der Waals surface area contributed by atoms with Crippen molar-refractivity contribution in [2.75, 3.05) is 39.0 Å². The van der Waals surface area contributed by atoms with Crippen molar-refractivity contribution in [2.24, 2.45) is 5.92 Å². The van der Waals surface area contributed by atoms with Crippen molar-refractivity contribution in [3.63, 3.8) is 0 Å². The van der Waals surface area contributed by atoms with Crippen LogP contribution in [0.15, 0.2) is 24.4 Å². The number of nitrogens with zero attached hydrogens (tertiary/aromatic N) is 2. The lowest BCUT2D eigenvalue weighted by atomic mass is 9.98. The molecule has 0 saturated carbocycles. The molecule has 2 rings (SSSR count). The highest BCUT2D eigenvalue weighted by atomic mass is 32.1. The number of hydrogen-bond acceptors (Lipinski definition) is 4. The first-order chi connectivity index (χ1) is 9.95. The fourth-order valence-corrected chi connectivity index (χ4v) is 2.74. The van der Waals surface area contributed by atoms with Gasteiger partial charge in [0.05, 0.1) is 23.2 Å². The van der Waals surface area contributed by atoms with E-state index in [0.29, 0.717) is 19.6 Å². The fraction of sp³-hybridized carbons (Fsp3) is 0.438. The van der Waals surface area contributed by atoms with Gasteiger partial charge in [0.15, 0.2) is 0 Å². The Kier molecular flexibility index (Phi) is 5.05. The molecule has 1 aromatic rings. The number of allylic oxidation sites excluding steroid dienone is 1. The molecule has 0 radical (unpaired) electrons. The lowest BCUT2D eigenvalue weighted by molar-refractivity contribution is -0.123. The standard InChI is InChI=1S/C16H21N3OS/c1-12(6-5-9-18(3)4)19-10-14(11-19)16(20)17-15-8-7-13(2)21-15/h7-8,14H,1,9-11H2,2-4H3,(H,17,20). The first kappa shape index (κ1) is 15.6. The Morgan fingerprint density at radius 3 is 2.81 bits per heavy atom. The number of hydrogen-bond donors (Lipinski definition) is 1. The Balaban J connectivity index is 1.76. The zero-order valence-electron chi connectivity index (χ0n) is 12.8. The number of amides is 1. The number of anilines is 1. The van der Waals surface area contributed by atoms with Crippen LogP contribution in [0.2, 0.25) is 0 Å². The molecule has 0 bridgehead atoms. The summed E-state index contributed by atoms with van der Waals surface area (Å²) in [6.07, 6.45) is 0.